The van der Waals surface area contributed by atoms with Gasteiger partial charge in [0.05, 0.1) is 27.0 Å². The molecule has 0 amide bonds. The Kier molecular flexibility index (Phi) is 3.60. The standard InChI is InChI=1S/C11H12N4O4/c1-18-9-3-4-12-7(10(9)19-2)5-15-6-8(11(16)17)13-14-15/h3-4,6H,5H2,1-2H3,(H,16,17). The molecular weight excluding hydrogens is 252 g/mol. The van der Waals surface area contributed by atoms with Gasteiger partial charge in [0.25, 0.3) is 0 Å². The van der Waals surface area contributed by atoms with Gasteiger partial charge >= 0.3 is 5.97 Å². The minimum atomic E-state index is -1.13. The lowest BCUT2D eigenvalue weighted by Gasteiger charge is -2.10. The second kappa shape index (κ2) is 5.34. The van der Waals surface area contributed by atoms with Crippen LogP contribution in [0.4, 0.5) is 0 Å². The smallest absolute Gasteiger partial charge is 0.358 e. The monoisotopic (exact) mass is 264 g/mol. The van der Waals surface area contributed by atoms with E-state index in [1.54, 1.807) is 12.3 Å². The molecule has 0 unspecified atom stereocenters. The van der Waals surface area contributed by atoms with Gasteiger partial charge in [-0.2, -0.15) is 0 Å². The molecule has 8 heteroatoms. The third kappa shape index (κ3) is 2.62. The van der Waals surface area contributed by atoms with Gasteiger partial charge in [0.1, 0.15) is 5.69 Å². The number of hydrogen-bond donors (Lipinski definition) is 1. The summed E-state index contributed by atoms with van der Waals surface area (Å²) in [4.78, 5) is 14.9. The number of hydrogen-bond acceptors (Lipinski definition) is 6. The molecule has 0 fully saturated rings. The van der Waals surface area contributed by atoms with Gasteiger partial charge in [-0.1, -0.05) is 5.21 Å². The highest BCUT2D eigenvalue weighted by Crippen LogP contribution is 2.29. The number of carboxylic acids is 1. The van der Waals surface area contributed by atoms with Gasteiger partial charge in [-0.3, -0.25) is 4.98 Å². The Hall–Kier alpha value is -2.64. The van der Waals surface area contributed by atoms with Gasteiger partial charge in [-0.25, -0.2) is 9.48 Å². The maximum absolute atomic E-state index is 10.7. The molecule has 19 heavy (non-hydrogen) atoms. The largest absolute Gasteiger partial charge is 0.493 e. The van der Waals surface area contributed by atoms with Crippen molar-refractivity contribution in [3.8, 4) is 11.5 Å². The van der Waals surface area contributed by atoms with Crippen LogP contribution in [0.2, 0.25) is 0 Å². The Morgan fingerprint density at radius 2 is 2.21 bits per heavy atom. The minimum absolute atomic E-state index is 0.123. The number of aromatic nitrogens is 4. The van der Waals surface area contributed by atoms with E-state index in [4.69, 9.17) is 14.6 Å². The summed E-state index contributed by atoms with van der Waals surface area (Å²) in [6.07, 6.45) is 2.90. The summed E-state index contributed by atoms with van der Waals surface area (Å²) < 4.78 is 11.8. The molecule has 2 heterocycles. The number of methoxy groups -OCH3 is 2. The fourth-order valence-electron chi connectivity index (χ4n) is 1.59. The van der Waals surface area contributed by atoms with E-state index in [1.165, 1.54) is 25.1 Å². The molecule has 0 bridgehead atoms. The van der Waals surface area contributed by atoms with Crippen molar-refractivity contribution in [2.24, 2.45) is 0 Å². The first-order valence-electron chi connectivity index (χ1n) is 5.35. The van der Waals surface area contributed by atoms with Crippen molar-refractivity contribution < 1.29 is 19.4 Å². The predicted octanol–water partition coefficient (Wildman–Crippen LogP) is 0.437. The second-order valence-corrected chi connectivity index (χ2v) is 3.60. The molecule has 0 saturated heterocycles. The zero-order chi connectivity index (χ0) is 13.8. The van der Waals surface area contributed by atoms with Crippen LogP contribution < -0.4 is 9.47 Å². The topological polar surface area (TPSA) is 99.4 Å². The molecule has 0 atom stereocenters. The Morgan fingerprint density at radius 3 is 2.79 bits per heavy atom. The van der Waals surface area contributed by atoms with Gasteiger partial charge < -0.3 is 14.6 Å². The number of rotatable bonds is 5. The minimum Gasteiger partial charge on any atom is -0.493 e. The molecule has 1 N–H and O–H groups in total. The van der Waals surface area contributed by atoms with Crippen LogP contribution >= 0.6 is 0 Å². The Labute approximate surface area is 108 Å². The fraction of sp³-hybridized carbons (Fsp3) is 0.273. The molecule has 0 spiro atoms. The van der Waals surface area contributed by atoms with Crippen molar-refractivity contribution >= 4 is 5.97 Å². The van der Waals surface area contributed by atoms with Crippen LogP contribution in [0.3, 0.4) is 0 Å². The fourth-order valence-corrected chi connectivity index (χ4v) is 1.59. The molecule has 0 aliphatic carbocycles. The number of pyridine rings is 1. The summed E-state index contributed by atoms with van der Waals surface area (Å²) in [5, 5.41) is 16.0. The van der Waals surface area contributed by atoms with Crippen molar-refractivity contribution in [1.82, 2.24) is 20.0 Å². The van der Waals surface area contributed by atoms with Crippen molar-refractivity contribution in [2.45, 2.75) is 6.54 Å². The number of ether oxygens (including phenoxy) is 2. The van der Waals surface area contributed by atoms with Crippen molar-refractivity contribution in [2.75, 3.05) is 14.2 Å². The Morgan fingerprint density at radius 1 is 1.42 bits per heavy atom. The van der Waals surface area contributed by atoms with Gasteiger partial charge in [0.2, 0.25) is 0 Å². The molecule has 8 nitrogen and oxygen atoms in total. The van der Waals surface area contributed by atoms with E-state index in [-0.39, 0.29) is 12.2 Å². The molecular formula is C11H12N4O4. The van der Waals surface area contributed by atoms with Crippen LogP contribution in [0.15, 0.2) is 18.5 Å². The summed E-state index contributed by atoms with van der Waals surface area (Å²) in [5.41, 5.74) is 0.450. The summed E-state index contributed by atoms with van der Waals surface area (Å²) in [6.45, 7) is 0.237. The van der Waals surface area contributed by atoms with Gasteiger partial charge in [0, 0.05) is 12.3 Å². The molecule has 2 aromatic rings. The predicted molar refractivity (Wildman–Crippen MR) is 63.4 cm³/mol. The van der Waals surface area contributed by atoms with E-state index in [0.29, 0.717) is 17.2 Å². The van der Waals surface area contributed by atoms with Crippen LogP contribution in [0.5, 0.6) is 11.5 Å². The summed E-state index contributed by atoms with van der Waals surface area (Å²) in [5.74, 6) is -0.0970. The molecule has 100 valence electrons. The van der Waals surface area contributed by atoms with E-state index >= 15 is 0 Å². The maximum atomic E-state index is 10.7. The van der Waals surface area contributed by atoms with Crippen LogP contribution in [0.1, 0.15) is 16.2 Å². The lowest BCUT2D eigenvalue weighted by Crippen LogP contribution is -2.06. The van der Waals surface area contributed by atoms with Crippen LogP contribution in [0.25, 0.3) is 0 Å². The molecule has 0 aliphatic rings. The average Bonchev–Trinajstić information content (AvgIpc) is 2.87. The summed E-state index contributed by atoms with van der Waals surface area (Å²) in [6, 6.07) is 1.67. The highest BCUT2D eigenvalue weighted by atomic mass is 16.5. The van der Waals surface area contributed by atoms with E-state index in [9.17, 15) is 4.79 Å². The van der Waals surface area contributed by atoms with E-state index < -0.39 is 5.97 Å². The van der Waals surface area contributed by atoms with Crippen LogP contribution in [-0.2, 0) is 6.54 Å². The van der Waals surface area contributed by atoms with Gasteiger partial charge in [0.15, 0.2) is 17.2 Å². The third-order valence-corrected chi connectivity index (χ3v) is 2.44. The molecule has 2 rings (SSSR count). The number of carbonyl (C=O) groups is 1. The van der Waals surface area contributed by atoms with Crippen LogP contribution in [-0.4, -0.2) is 45.3 Å². The zero-order valence-corrected chi connectivity index (χ0v) is 10.4. The summed E-state index contributed by atoms with van der Waals surface area (Å²) >= 11 is 0. The highest BCUT2D eigenvalue weighted by molar-refractivity contribution is 5.84. The third-order valence-electron chi connectivity index (χ3n) is 2.44. The Balaban J connectivity index is 2.29. The number of carboxylic acid groups (broad SMARTS) is 1. The maximum Gasteiger partial charge on any atom is 0.358 e. The molecule has 0 radical (unpaired) electrons. The second-order valence-electron chi connectivity index (χ2n) is 3.60. The normalized spacial score (nSPS) is 10.2. The van der Waals surface area contributed by atoms with E-state index in [0.717, 1.165) is 0 Å². The first-order valence-corrected chi connectivity index (χ1v) is 5.35. The summed E-state index contributed by atoms with van der Waals surface area (Å²) in [7, 11) is 3.03. The van der Waals surface area contributed by atoms with E-state index in [1.807, 2.05) is 0 Å². The van der Waals surface area contributed by atoms with Crippen molar-refractivity contribution in [1.29, 1.82) is 0 Å². The Bertz CT molecular complexity index is 596. The van der Waals surface area contributed by atoms with Crippen molar-refractivity contribution in [3.63, 3.8) is 0 Å². The zero-order valence-electron chi connectivity index (χ0n) is 10.4. The lowest BCUT2D eigenvalue weighted by atomic mass is 10.3. The average molecular weight is 264 g/mol. The molecule has 0 aromatic carbocycles. The van der Waals surface area contributed by atoms with Crippen molar-refractivity contribution in [3.05, 3.63) is 29.8 Å². The number of aromatic carboxylic acids is 1. The van der Waals surface area contributed by atoms with Gasteiger partial charge in [-0.15, -0.1) is 5.10 Å². The molecule has 0 aliphatic heterocycles. The SMILES string of the molecule is COc1ccnc(Cn2cc(C(=O)O)nn2)c1OC. The lowest BCUT2D eigenvalue weighted by molar-refractivity contribution is 0.0690. The first-order chi connectivity index (χ1) is 9.15. The molecule has 2 aromatic heterocycles. The number of nitrogens with zero attached hydrogens (tertiary/aromatic N) is 4. The van der Waals surface area contributed by atoms with Gasteiger partial charge in [-0.05, 0) is 0 Å². The first kappa shape index (κ1) is 12.8. The van der Waals surface area contributed by atoms with E-state index in [2.05, 4.69) is 15.3 Å². The highest BCUT2D eigenvalue weighted by Gasteiger charge is 2.14. The van der Waals surface area contributed by atoms with Crippen LogP contribution in [0, 0.1) is 0 Å². The molecule has 0 saturated carbocycles. The quantitative estimate of drug-likeness (QED) is 0.836.